The predicted molar refractivity (Wildman–Crippen MR) is 97.5 cm³/mol. The molecule has 0 radical (unpaired) electrons. The molecule has 0 aliphatic carbocycles. The topological polar surface area (TPSA) is 29.5 Å². The average Bonchev–Trinajstić information content (AvgIpc) is 2.54. The molecule has 0 saturated carbocycles. The SMILES string of the molecule is CCCCCCCCCCCCCCOCCCCCCO. The number of ether oxygens (including phenoxy) is 1. The number of aliphatic hydroxyl groups excluding tert-OH is 1. The summed E-state index contributed by atoms with van der Waals surface area (Å²) in [6, 6.07) is 0. The van der Waals surface area contributed by atoms with Gasteiger partial charge in [-0.05, 0) is 19.3 Å². The summed E-state index contributed by atoms with van der Waals surface area (Å²) in [4.78, 5) is 0. The van der Waals surface area contributed by atoms with Crippen LogP contribution < -0.4 is 0 Å². The van der Waals surface area contributed by atoms with Crippen molar-refractivity contribution in [2.45, 2.75) is 110 Å². The Morgan fingerprint density at radius 1 is 0.500 bits per heavy atom. The normalized spacial score (nSPS) is 11.2. The second-order valence-electron chi connectivity index (χ2n) is 6.64. The molecule has 0 unspecified atom stereocenters. The van der Waals surface area contributed by atoms with E-state index in [1.807, 2.05) is 0 Å². The van der Waals surface area contributed by atoms with Crippen LogP contribution in [0.2, 0.25) is 0 Å². The van der Waals surface area contributed by atoms with Crippen LogP contribution in [0.3, 0.4) is 0 Å². The van der Waals surface area contributed by atoms with Crippen LogP contribution in [0.25, 0.3) is 0 Å². The van der Waals surface area contributed by atoms with Crippen molar-refractivity contribution in [3.8, 4) is 0 Å². The van der Waals surface area contributed by atoms with Gasteiger partial charge < -0.3 is 9.84 Å². The monoisotopic (exact) mass is 314 g/mol. The largest absolute Gasteiger partial charge is 0.396 e. The smallest absolute Gasteiger partial charge is 0.0466 e. The third kappa shape index (κ3) is 19.9. The average molecular weight is 315 g/mol. The van der Waals surface area contributed by atoms with Crippen molar-refractivity contribution < 1.29 is 9.84 Å². The maximum atomic E-state index is 8.67. The summed E-state index contributed by atoms with van der Waals surface area (Å²) in [5.41, 5.74) is 0. The highest BCUT2D eigenvalue weighted by Gasteiger charge is 1.94. The van der Waals surface area contributed by atoms with E-state index in [9.17, 15) is 0 Å². The van der Waals surface area contributed by atoms with Gasteiger partial charge in [0.2, 0.25) is 0 Å². The standard InChI is InChI=1S/C20H42O2/c1-2-3-4-5-6-7-8-9-10-11-13-16-19-22-20-17-14-12-15-18-21/h21H,2-20H2,1H3. The molecule has 0 aromatic carbocycles. The summed E-state index contributed by atoms with van der Waals surface area (Å²) >= 11 is 0. The molecule has 0 saturated heterocycles. The molecule has 22 heavy (non-hydrogen) atoms. The lowest BCUT2D eigenvalue weighted by Gasteiger charge is -2.05. The third-order valence-corrected chi connectivity index (χ3v) is 4.34. The summed E-state index contributed by atoms with van der Waals surface area (Å²) in [5, 5.41) is 8.67. The zero-order valence-corrected chi connectivity index (χ0v) is 15.3. The summed E-state index contributed by atoms with van der Waals surface area (Å²) in [7, 11) is 0. The van der Waals surface area contributed by atoms with Crippen molar-refractivity contribution in [1.82, 2.24) is 0 Å². The molecule has 0 amide bonds. The Morgan fingerprint density at radius 3 is 1.27 bits per heavy atom. The van der Waals surface area contributed by atoms with Gasteiger partial charge in [0.05, 0.1) is 0 Å². The van der Waals surface area contributed by atoms with E-state index in [2.05, 4.69) is 6.92 Å². The molecule has 0 rings (SSSR count). The van der Waals surface area contributed by atoms with Gasteiger partial charge in [-0.25, -0.2) is 0 Å². The van der Waals surface area contributed by atoms with Crippen LogP contribution in [-0.2, 0) is 4.74 Å². The molecule has 134 valence electrons. The maximum Gasteiger partial charge on any atom is 0.0466 e. The molecule has 0 heterocycles. The van der Waals surface area contributed by atoms with Gasteiger partial charge in [0, 0.05) is 19.8 Å². The Kier molecular flexibility index (Phi) is 20.8. The van der Waals surface area contributed by atoms with E-state index in [1.54, 1.807) is 0 Å². The van der Waals surface area contributed by atoms with Gasteiger partial charge in [0.15, 0.2) is 0 Å². The molecule has 0 spiro atoms. The third-order valence-electron chi connectivity index (χ3n) is 4.34. The van der Waals surface area contributed by atoms with Crippen molar-refractivity contribution in [2.75, 3.05) is 19.8 Å². The fourth-order valence-electron chi connectivity index (χ4n) is 2.82. The minimum absolute atomic E-state index is 0.333. The molecule has 0 aliphatic heterocycles. The van der Waals surface area contributed by atoms with E-state index in [1.165, 1.54) is 83.5 Å². The summed E-state index contributed by atoms with van der Waals surface area (Å²) in [6.45, 7) is 4.46. The van der Waals surface area contributed by atoms with E-state index in [0.29, 0.717) is 6.61 Å². The quantitative estimate of drug-likeness (QED) is 0.285. The Hall–Kier alpha value is -0.0800. The molecule has 2 nitrogen and oxygen atoms in total. The predicted octanol–water partition coefficient (Wildman–Crippen LogP) is 6.26. The Morgan fingerprint density at radius 2 is 0.864 bits per heavy atom. The van der Waals surface area contributed by atoms with Crippen molar-refractivity contribution in [3.63, 3.8) is 0 Å². The van der Waals surface area contributed by atoms with E-state index in [4.69, 9.17) is 9.84 Å². The van der Waals surface area contributed by atoms with Crippen LogP contribution in [0.4, 0.5) is 0 Å². The van der Waals surface area contributed by atoms with Gasteiger partial charge >= 0.3 is 0 Å². The molecule has 0 aromatic heterocycles. The Balaban J connectivity index is 2.91. The summed E-state index contributed by atoms with van der Waals surface area (Å²) < 4.78 is 5.64. The van der Waals surface area contributed by atoms with Gasteiger partial charge in [-0.15, -0.1) is 0 Å². The van der Waals surface area contributed by atoms with Gasteiger partial charge in [0.25, 0.3) is 0 Å². The van der Waals surface area contributed by atoms with Crippen LogP contribution in [0, 0.1) is 0 Å². The first-order chi connectivity index (χ1) is 10.9. The lowest BCUT2D eigenvalue weighted by molar-refractivity contribution is 0.125. The zero-order valence-electron chi connectivity index (χ0n) is 15.3. The molecule has 0 aromatic rings. The molecule has 0 fully saturated rings. The van der Waals surface area contributed by atoms with Crippen LogP contribution in [-0.4, -0.2) is 24.9 Å². The minimum Gasteiger partial charge on any atom is -0.396 e. The molecular formula is C20H42O2. The summed E-state index contributed by atoms with van der Waals surface area (Å²) in [5.74, 6) is 0. The first-order valence-electron chi connectivity index (χ1n) is 10.1. The Labute approximate surface area is 140 Å². The van der Waals surface area contributed by atoms with Crippen molar-refractivity contribution in [2.24, 2.45) is 0 Å². The van der Waals surface area contributed by atoms with Crippen molar-refractivity contribution in [1.29, 1.82) is 0 Å². The van der Waals surface area contributed by atoms with Gasteiger partial charge in [-0.3, -0.25) is 0 Å². The zero-order chi connectivity index (χ0) is 16.1. The van der Waals surface area contributed by atoms with Crippen molar-refractivity contribution in [3.05, 3.63) is 0 Å². The van der Waals surface area contributed by atoms with E-state index >= 15 is 0 Å². The molecular weight excluding hydrogens is 272 g/mol. The maximum absolute atomic E-state index is 8.67. The first kappa shape index (κ1) is 21.9. The van der Waals surface area contributed by atoms with E-state index in [-0.39, 0.29) is 0 Å². The molecule has 0 bridgehead atoms. The number of unbranched alkanes of at least 4 members (excludes halogenated alkanes) is 14. The lowest BCUT2D eigenvalue weighted by atomic mass is 10.1. The number of aliphatic hydroxyl groups is 1. The molecule has 1 N–H and O–H groups in total. The summed E-state index contributed by atoms with van der Waals surface area (Å²) in [6.07, 6.45) is 21.2. The number of rotatable bonds is 19. The lowest BCUT2D eigenvalue weighted by Crippen LogP contribution is -1.97. The highest BCUT2D eigenvalue weighted by molar-refractivity contribution is 4.48. The minimum atomic E-state index is 0.333. The second-order valence-corrected chi connectivity index (χ2v) is 6.64. The number of hydrogen-bond donors (Lipinski definition) is 1. The van der Waals surface area contributed by atoms with E-state index in [0.717, 1.165) is 32.5 Å². The molecule has 2 heteroatoms. The van der Waals surface area contributed by atoms with Gasteiger partial charge in [-0.1, -0.05) is 90.4 Å². The highest BCUT2D eigenvalue weighted by atomic mass is 16.5. The van der Waals surface area contributed by atoms with Crippen LogP contribution in [0.1, 0.15) is 110 Å². The van der Waals surface area contributed by atoms with Crippen molar-refractivity contribution >= 4 is 0 Å². The molecule has 0 aliphatic rings. The first-order valence-corrected chi connectivity index (χ1v) is 10.1. The van der Waals surface area contributed by atoms with E-state index < -0.39 is 0 Å². The van der Waals surface area contributed by atoms with Crippen LogP contribution in [0.15, 0.2) is 0 Å². The van der Waals surface area contributed by atoms with Gasteiger partial charge in [0.1, 0.15) is 0 Å². The van der Waals surface area contributed by atoms with Crippen LogP contribution >= 0.6 is 0 Å². The second kappa shape index (κ2) is 20.9. The van der Waals surface area contributed by atoms with Gasteiger partial charge in [-0.2, -0.15) is 0 Å². The molecule has 0 atom stereocenters. The highest BCUT2D eigenvalue weighted by Crippen LogP contribution is 2.12. The Bertz CT molecular complexity index is 163. The van der Waals surface area contributed by atoms with Crippen LogP contribution in [0.5, 0.6) is 0 Å². The number of hydrogen-bond acceptors (Lipinski definition) is 2. The fraction of sp³-hybridized carbons (Fsp3) is 1.00. The fourth-order valence-corrected chi connectivity index (χ4v) is 2.82.